The number of nitrogens with one attached hydrogen (secondary N) is 2. The molecule has 0 fully saturated rings. The van der Waals surface area contributed by atoms with Crippen molar-refractivity contribution < 1.29 is 14.3 Å². The lowest BCUT2D eigenvalue weighted by molar-refractivity contribution is -0.116. The smallest absolute Gasteiger partial charge is 0.226 e. The van der Waals surface area contributed by atoms with Crippen molar-refractivity contribution in [3.63, 3.8) is 0 Å². The SMILES string of the molecule is CCOc1ccc(NC(=O)CCn2c(-c3ccc(C)cc3)n[nH]c2=S)cc1OCC. The van der Waals surface area contributed by atoms with E-state index in [9.17, 15) is 4.79 Å². The maximum Gasteiger partial charge on any atom is 0.226 e. The topological polar surface area (TPSA) is 81.2 Å². The van der Waals surface area contributed by atoms with Gasteiger partial charge in [-0.3, -0.25) is 14.5 Å². The van der Waals surface area contributed by atoms with Gasteiger partial charge in [-0.1, -0.05) is 29.8 Å². The van der Waals surface area contributed by atoms with E-state index in [2.05, 4.69) is 15.5 Å². The average Bonchev–Trinajstić information content (AvgIpc) is 3.10. The second kappa shape index (κ2) is 10.1. The number of aromatic nitrogens is 3. The normalized spacial score (nSPS) is 10.6. The molecule has 2 N–H and O–H groups in total. The summed E-state index contributed by atoms with van der Waals surface area (Å²) in [6.07, 6.45) is 0.254. The summed E-state index contributed by atoms with van der Waals surface area (Å²) < 4.78 is 13.5. The van der Waals surface area contributed by atoms with E-state index in [0.717, 1.165) is 5.56 Å². The van der Waals surface area contributed by atoms with Gasteiger partial charge in [0.1, 0.15) is 0 Å². The Balaban J connectivity index is 1.68. The highest BCUT2D eigenvalue weighted by Gasteiger charge is 2.12. The van der Waals surface area contributed by atoms with Crippen molar-refractivity contribution in [2.24, 2.45) is 0 Å². The number of hydrogen-bond donors (Lipinski definition) is 2. The minimum atomic E-state index is -0.125. The third-order valence-electron chi connectivity index (χ3n) is 4.46. The van der Waals surface area contributed by atoms with Gasteiger partial charge in [-0.05, 0) is 45.1 Å². The van der Waals surface area contributed by atoms with Crippen LogP contribution in [0.3, 0.4) is 0 Å². The highest BCUT2D eigenvalue weighted by atomic mass is 32.1. The van der Waals surface area contributed by atoms with Crippen molar-refractivity contribution in [3.8, 4) is 22.9 Å². The molecule has 30 heavy (non-hydrogen) atoms. The number of benzene rings is 2. The average molecular weight is 427 g/mol. The van der Waals surface area contributed by atoms with Gasteiger partial charge in [0, 0.05) is 30.3 Å². The van der Waals surface area contributed by atoms with Gasteiger partial charge in [-0.25, -0.2) is 0 Å². The molecule has 0 bridgehead atoms. The van der Waals surface area contributed by atoms with Crippen LogP contribution in [0.4, 0.5) is 5.69 Å². The summed E-state index contributed by atoms with van der Waals surface area (Å²) in [5.74, 6) is 1.85. The Kier molecular flexibility index (Phi) is 7.24. The quantitative estimate of drug-likeness (QED) is 0.483. The highest BCUT2D eigenvalue weighted by molar-refractivity contribution is 7.71. The first kappa shape index (κ1) is 21.6. The molecule has 7 nitrogen and oxygen atoms in total. The Bertz CT molecular complexity index is 1060. The molecule has 0 aliphatic rings. The molecule has 3 aromatic rings. The number of aryl methyl sites for hydroxylation is 1. The molecular formula is C22H26N4O3S. The van der Waals surface area contributed by atoms with Crippen LogP contribution in [0.1, 0.15) is 25.8 Å². The predicted octanol–water partition coefficient (Wildman–Crippen LogP) is 4.74. The second-order valence-electron chi connectivity index (χ2n) is 6.70. The number of hydrogen-bond acceptors (Lipinski definition) is 5. The Labute approximate surface area is 181 Å². The van der Waals surface area contributed by atoms with Crippen LogP contribution >= 0.6 is 12.2 Å². The fourth-order valence-electron chi connectivity index (χ4n) is 3.01. The largest absolute Gasteiger partial charge is 0.490 e. The van der Waals surface area contributed by atoms with Gasteiger partial charge in [0.25, 0.3) is 0 Å². The second-order valence-corrected chi connectivity index (χ2v) is 7.08. The van der Waals surface area contributed by atoms with Gasteiger partial charge in [-0.2, -0.15) is 5.10 Å². The first-order valence-electron chi connectivity index (χ1n) is 9.93. The maximum atomic E-state index is 12.5. The molecule has 0 saturated heterocycles. The van der Waals surface area contributed by atoms with E-state index in [1.165, 1.54) is 5.56 Å². The third kappa shape index (κ3) is 5.27. The number of carbonyl (C=O) groups excluding carboxylic acids is 1. The molecule has 1 amide bonds. The summed E-state index contributed by atoms with van der Waals surface area (Å²) in [5.41, 5.74) is 2.77. The van der Waals surface area contributed by atoms with Crippen LogP contribution in [-0.4, -0.2) is 33.9 Å². The molecule has 0 saturated carbocycles. The fourth-order valence-corrected chi connectivity index (χ4v) is 3.24. The molecule has 158 valence electrons. The van der Waals surface area contributed by atoms with E-state index in [1.807, 2.05) is 49.6 Å². The van der Waals surface area contributed by atoms with Crippen LogP contribution in [-0.2, 0) is 11.3 Å². The first-order chi connectivity index (χ1) is 14.5. The fraction of sp³-hybridized carbons (Fsp3) is 0.318. The van der Waals surface area contributed by atoms with Gasteiger partial charge in [0.05, 0.1) is 13.2 Å². The number of nitrogens with zero attached hydrogens (tertiary/aromatic N) is 2. The third-order valence-corrected chi connectivity index (χ3v) is 4.77. The van der Waals surface area contributed by atoms with Crippen LogP contribution in [0, 0.1) is 11.7 Å². The lowest BCUT2D eigenvalue weighted by Gasteiger charge is -2.13. The zero-order chi connectivity index (χ0) is 21.5. The monoisotopic (exact) mass is 426 g/mol. The molecule has 8 heteroatoms. The molecule has 0 spiro atoms. The molecule has 0 atom stereocenters. The van der Waals surface area contributed by atoms with Gasteiger partial charge in [0.2, 0.25) is 5.91 Å². The van der Waals surface area contributed by atoms with Crippen molar-refractivity contribution in [1.82, 2.24) is 14.8 Å². The summed E-state index contributed by atoms with van der Waals surface area (Å²) in [7, 11) is 0. The number of carbonyl (C=O) groups is 1. The molecule has 3 rings (SSSR count). The van der Waals surface area contributed by atoms with Crippen molar-refractivity contribution in [2.45, 2.75) is 33.7 Å². The maximum absolute atomic E-state index is 12.5. The van der Waals surface area contributed by atoms with Gasteiger partial charge >= 0.3 is 0 Å². The first-order valence-corrected chi connectivity index (χ1v) is 10.3. The summed E-state index contributed by atoms with van der Waals surface area (Å²) >= 11 is 5.35. The van der Waals surface area contributed by atoms with Crippen molar-refractivity contribution >= 4 is 23.8 Å². The zero-order valence-corrected chi connectivity index (χ0v) is 18.2. The van der Waals surface area contributed by atoms with Crippen molar-refractivity contribution in [2.75, 3.05) is 18.5 Å². The summed E-state index contributed by atoms with van der Waals surface area (Å²) in [6.45, 7) is 7.32. The van der Waals surface area contributed by atoms with Crippen molar-refractivity contribution in [1.29, 1.82) is 0 Å². The van der Waals surface area contributed by atoms with E-state index in [-0.39, 0.29) is 12.3 Å². The van der Waals surface area contributed by atoms with E-state index >= 15 is 0 Å². The molecule has 1 heterocycles. The summed E-state index contributed by atoms with van der Waals surface area (Å²) in [6, 6.07) is 13.4. The Hall–Kier alpha value is -3.13. The summed E-state index contributed by atoms with van der Waals surface area (Å²) in [4.78, 5) is 12.5. The minimum Gasteiger partial charge on any atom is -0.490 e. The van der Waals surface area contributed by atoms with Crippen molar-refractivity contribution in [3.05, 3.63) is 52.8 Å². The van der Waals surface area contributed by atoms with Crippen LogP contribution in [0.15, 0.2) is 42.5 Å². The Morgan fingerprint density at radius 2 is 1.80 bits per heavy atom. The van der Waals surface area contributed by atoms with Crippen LogP contribution < -0.4 is 14.8 Å². The Morgan fingerprint density at radius 3 is 2.50 bits per heavy atom. The number of anilines is 1. The highest BCUT2D eigenvalue weighted by Crippen LogP contribution is 2.30. The standard InChI is InChI=1S/C22H26N4O3S/c1-4-28-18-11-10-17(14-19(18)29-5-2)23-20(27)12-13-26-21(24-25-22(26)30)16-8-6-15(3)7-9-16/h6-11,14H,4-5,12-13H2,1-3H3,(H,23,27)(H,25,30). The van der Waals surface area contributed by atoms with E-state index in [0.29, 0.717) is 47.5 Å². The van der Waals surface area contributed by atoms with Gasteiger partial charge in [-0.15, -0.1) is 0 Å². The minimum absolute atomic E-state index is 0.125. The molecular weight excluding hydrogens is 400 g/mol. The molecule has 2 aromatic carbocycles. The van der Waals surface area contributed by atoms with E-state index in [1.54, 1.807) is 18.2 Å². The van der Waals surface area contributed by atoms with Gasteiger partial charge < -0.3 is 14.8 Å². The number of H-pyrrole nitrogens is 1. The summed E-state index contributed by atoms with van der Waals surface area (Å²) in [5, 5.41) is 10.0. The lowest BCUT2D eigenvalue weighted by Crippen LogP contribution is -2.15. The van der Waals surface area contributed by atoms with E-state index < -0.39 is 0 Å². The van der Waals surface area contributed by atoms with Crippen LogP contribution in [0.2, 0.25) is 0 Å². The van der Waals surface area contributed by atoms with E-state index in [4.69, 9.17) is 21.7 Å². The number of ether oxygens (including phenoxy) is 2. The number of aromatic amines is 1. The predicted molar refractivity (Wildman–Crippen MR) is 120 cm³/mol. The zero-order valence-electron chi connectivity index (χ0n) is 17.4. The molecule has 0 unspecified atom stereocenters. The molecule has 0 aliphatic carbocycles. The molecule has 1 aromatic heterocycles. The van der Waals surface area contributed by atoms with Crippen LogP contribution in [0.25, 0.3) is 11.4 Å². The number of amides is 1. The lowest BCUT2D eigenvalue weighted by atomic mass is 10.1. The molecule has 0 aliphatic heterocycles. The number of rotatable bonds is 9. The molecule has 0 radical (unpaired) electrons. The van der Waals surface area contributed by atoms with Crippen LogP contribution in [0.5, 0.6) is 11.5 Å². The Morgan fingerprint density at radius 1 is 1.10 bits per heavy atom. The van der Waals surface area contributed by atoms with Gasteiger partial charge in [0.15, 0.2) is 22.1 Å².